The van der Waals surface area contributed by atoms with Crippen LogP contribution < -0.4 is 20.9 Å². The van der Waals surface area contributed by atoms with Crippen LogP contribution in [0.5, 0.6) is 0 Å². The van der Waals surface area contributed by atoms with Gasteiger partial charge in [0.15, 0.2) is 0 Å². The second-order valence-electron chi connectivity index (χ2n) is 6.45. The fourth-order valence-corrected chi connectivity index (χ4v) is 2.07. The fourth-order valence-electron chi connectivity index (χ4n) is 2.07. The zero-order valence-corrected chi connectivity index (χ0v) is 15.5. The minimum Gasteiger partial charge on any atom is -0.363 e. The second kappa shape index (κ2) is 8.84. The predicted octanol–water partition coefficient (Wildman–Crippen LogP) is 3.06. The van der Waals surface area contributed by atoms with Gasteiger partial charge in [-0.25, -0.2) is 9.78 Å². The van der Waals surface area contributed by atoms with Crippen molar-refractivity contribution in [3.05, 3.63) is 48.2 Å². The summed E-state index contributed by atoms with van der Waals surface area (Å²) in [5.74, 6) is 0.736. The van der Waals surface area contributed by atoms with E-state index in [1.54, 1.807) is 30.5 Å². The van der Waals surface area contributed by atoms with Crippen molar-refractivity contribution in [2.24, 2.45) is 5.92 Å². The van der Waals surface area contributed by atoms with E-state index < -0.39 is 0 Å². The molecule has 0 aliphatic carbocycles. The number of hydrogen-bond acceptors (Lipinski definition) is 4. The largest absolute Gasteiger partial charge is 0.363 e. The maximum absolute atomic E-state index is 12.0. The Morgan fingerprint density at radius 3 is 2.12 bits per heavy atom. The second-order valence-corrected chi connectivity index (χ2v) is 6.45. The van der Waals surface area contributed by atoms with Crippen molar-refractivity contribution in [1.82, 2.24) is 10.3 Å². The molecule has 26 heavy (non-hydrogen) atoms. The van der Waals surface area contributed by atoms with Crippen molar-refractivity contribution in [2.75, 3.05) is 29.6 Å². The van der Waals surface area contributed by atoms with Crippen LogP contribution in [0.25, 0.3) is 0 Å². The summed E-state index contributed by atoms with van der Waals surface area (Å²) in [5, 5.41) is 8.34. The molecule has 0 bridgehead atoms. The van der Waals surface area contributed by atoms with Gasteiger partial charge in [0.05, 0.1) is 0 Å². The van der Waals surface area contributed by atoms with E-state index in [0.29, 0.717) is 17.9 Å². The van der Waals surface area contributed by atoms with E-state index in [1.807, 2.05) is 45.0 Å². The van der Waals surface area contributed by atoms with Crippen LogP contribution in [0.2, 0.25) is 0 Å². The molecule has 0 radical (unpaired) electrons. The lowest BCUT2D eigenvalue weighted by atomic mass is 10.2. The van der Waals surface area contributed by atoms with Crippen molar-refractivity contribution >= 4 is 29.1 Å². The third kappa shape index (κ3) is 5.77. The Hall–Kier alpha value is -3.09. The molecule has 0 fully saturated rings. The SMILES string of the molecule is CC(C)C(=O)Nc1ccc(NC(=O)NCc2ccc(N(C)C)nc2)cc1. The number of nitrogens with zero attached hydrogens (tertiary/aromatic N) is 2. The summed E-state index contributed by atoms with van der Waals surface area (Å²) in [5.41, 5.74) is 2.25. The van der Waals surface area contributed by atoms with E-state index in [1.165, 1.54) is 0 Å². The number of nitrogens with one attached hydrogen (secondary N) is 3. The van der Waals surface area contributed by atoms with Gasteiger partial charge in [-0.05, 0) is 35.9 Å². The highest BCUT2D eigenvalue weighted by Gasteiger charge is 2.07. The smallest absolute Gasteiger partial charge is 0.319 e. The lowest BCUT2D eigenvalue weighted by Gasteiger charge is -2.12. The highest BCUT2D eigenvalue weighted by molar-refractivity contribution is 5.93. The van der Waals surface area contributed by atoms with Gasteiger partial charge in [-0.1, -0.05) is 19.9 Å². The van der Waals surface area contributed by atoms with Gasteiger partial charge in [-0.2, -0.15) is 0 Å². The Kier molecular flexibility index (Phi) is 6.54. The van der Waals surface area contributed by atoms with E-state index in [0.717, 1.165) is 11.4 Å². The number of rotatable bonds is 6. The average Bonchev–Trinajstić information content (AvgIpc) is 2.62. The van der Waals surface area contributed by atoms with Crippen molar-refractivity contribution in [3.8, 4) is 0 Å². The number of amides is 3. The van der Waals surface area contributed by atoms with Crippen LogP contribution in [0.4, 0.5) is 22.0 Å². The Morgan fingerprint density at radius 2 is 1.62 bits per heavy atom. The molecule has 0 atom stereocenters. The maximum atomic E-state index is 12.0. The van der Waals surface area contributed by atoms with Crippen molar-refractivity contribution < 1.29 is 9.59 Å². The third-order valence-corrected chi connectivity index (χ3v) is 3.66. The highest BCUT2D eigenvalue weighted by Crippen LogP contribution is 2.14. The molecule has 1 aromatic carbocycles. The molecule has 0 saturated heterocycles. The van der Waals surface area contributed by atoms with Gasteiger partial charge in [0, 0.05) is 44.1 Å². The molecular formula is C19H25N5O2. The number of aromatic nitrogens is 1. The zero-order chi connectivity index (χ0) is 19.1. The first-order valence-electron chi connectivity index (χ1n) is 8.43. The van der Waals surface area contributed by atoms with Gasteiger partial charge in [0.1, 0.15) is 5.82 Å². The predicted molar refractivity (Wildman–Crippen MR) is 104 cm³/mol. The molecule has 0 aliphatic rings. The van der Waals surface area contributed by atoms with E-state index in [2.05, 4.69) is 20.9 Å². The van der Waals surface area contributed by atoms with Crippen molar-refractivity contribution in [3.63, 3.8) is 0 Å². The summed E-state index contributed by atoms with van der Waals surface area (Å²) >= 11 is 0. The average molecular weight is 355 g/mol. The molecule has 0 unspecified atom stereocenters. The van der Waals surface area contributed by atoms with E-state index in [-0.39, 0.29) is 17.9 Å². The molecule has 7 heteroatoms. The summed E-state index contributed by atoms with van der Waals surface area (Å²) in [6.45, 7) is 4.05. The fraction of sp³-hybridized carbons (Fsp3) is 0.316. The molecular weight excluding hydrogens is 330 g/mol. The van der Waals surface area contributed by atoms with Crippen molar-refractivity contribution in [2.45, 2.75) is 20.4 Å². The Balaban J connectivity index is 1.82. The first-order chi connectivity index (χ1) is 12.3. The molecule has 2 rings (SSSR count). The summed E-state index contributed by atoms with van der Waals surface area (Å²) < 4.78 is 0. The number of benzene rings is 1. The lowest BCUT2D eigenvalue weighted by Crippen LogP contribution is -2.28. The zero-order valence-electron chi connectivity index (χ0n) is 15.5. The molecule has 1 heterocycles. The van der Waals surface area contributed by atoms with Crippen LogP contribution >= 0.6 is 0 Å². The van der Waals surface area contributed by atoms with Gasteiger partial charge >= 0.3 is 6.03 Å². The number of pyridine rings is 1. The number of anilines is 3. The number of carbonyl (C=O) groups is 2. The van der Waals surface area contributed by atoms with Gasteiger partial charge < -0.3 is 20.9 Å². The number of carbonyl (C=O) groups excluding carboxylic acids is 2. The normalized spacial score (nSPS) is 10.3. The van der Waals surface area contributed by atoms with Crippen LogP contribution in [0.3, 0.4) is 0 Å². The van der Waals surface area contributed by atoms with Crippen LogP contribution in [0.1, 0.15) is 19.4 Å². The van der Waals surface area contributed by atoms with Gasteiger partial charge in [-0.15, -0.1) is 0 Å². The Bertz CT molecular complexity index is 740. The van der Waals surface area contributed by atoms with Crippen LogP contribution in [-0.4, -0.2) is 31.0 Å². The standard InChI is InChI=1S/C19H25N5O2/c1-13(2)18(25)22-15-6-8-16(9-7-15)23-19(26)21-12-14-5-10-17(20-11-14)24(3)4/h5-11,13H,12H2,1-4H3,(H,22,25)(H2,21,23,26). The first kappa shape index (κ1) is 19.2. The minimum atomic E-state index is -0.305. The Morgan fingerprint density at radius 1 is 1.00 bits per heavy atom. The van der Waals surface area contributed by atoms with Crippen LogP contribution in [0, 0.1) is 5.92 Å². The van der Waals surface area contributed by atoms with Gasteiger partial charge in [-0.3, -0.25) is 4.79 Å². The molecule has 0 aliphatic heterocycles. The highest BCUT2D eigenvalue weighted by atomic mass is 16.2. The summed E-state index contributed by atoms with van der Waals surface area (Å²) in [6.07, 6.45) is 1.74. The molecule has 3 amide bonds. The summed E-state index contributed by atoms with van der Waals surface area (Å²) in [7, 11) is 3.85. The lowest BCUT2D eigenvalue weighted by molar-refractivity contribution is -0.118. The maximum Gasteiger partial charge on any atom is 0.319 e. The quantitative estimate of drug-likeness (QED) is 0.743. The molecule has 2 aromatic rings. The number of urea groups is 1. The van der Waals surface area contributed by atoms with E-state index >= 15 is 0 Å². The minimum absolute atomic E-state index is 0.0441. The molecule has 3 N–H and O–H groups in total. The molecule has 0 saturated carbocycles. The van der Waals surface area contributed by atoms with Gasteiger partial charge in [0.25, 0.3) is 0 Å². The third-order valence-electron chi connectivity index (χ3n) is 3.66. The Labute approximate surface area is 153 Å². The van der Waals surface area contributed by atoms with Crippen molar-refractivity contribution in [1.29, 1.82) is 0 Å². The van der Waals surface area contributed by atoms with Crippen LogP contribution in [0.15, 0.2) is 42.6 Å². The monoisotopic (exact) mass is 355 g/mol. The molecule has 138 valence electrons. The summed E-state index contributed by atoms with van der Waals surface area (Å²) in [6, 6.07) is 10.5. The molecule has 7 nitrogen and oxygen atoms in total. The first-order valence-corrected chi connectivity index (χ1v) is 8.43. The van der Waals surface area contributed by atoms with Gasteiger partial charge in [0.2, 0.25) is 5.91 Å². The van der Waals surface area contributed by atoms with E-state index in [9.17, 15) is 9.59 Å². The molecule has 1 aromatic heterocycles. The van der Waals surface area contributed by atoms with Crippen LogP contribution in [-0.2, 0) is 11.3 Å². The number of hydrogen-bond donors (Lipinski definition) is 3. The topological polar surface area (TPSA) is 86.4 Å². The van der Waals surface area contributed by atoms with E-state index in [4.69, 9.17) is 0 Å². The summed E-state index contributed by atoms with van der Waals surface area (Å²) in [4.78, 5) is 29.9. The molecule has 0 spiro atoms.